The highest BCUT2D eigenvalue weighted by Gasteiger charge is 2.06. The first-order valence-corrected chi connectivity index (χ1v) is 8.79. The normalized spacial score (nSPS) is 10.5. The van der Waals surface area contributed by atoms with E-state index in [1.165, 1.54) is 0 Å². The summed E-state index contributed by atoms with van der Waals surface area (Å²) in [7, 11) is 1.66. The van der Waals surface area contributed by atoms with Crippen LogP contribution >= 0.6 is 0 Å². The number of nitrogens with one attached hydrogen (secondary N) is 1. The van der Waals surface area contributed by atoms with Crippen molar-refractivity contribution in [1.29, 1.82) is 0 Å². The summed E-state index contributed by atoms with van der Waals surface area (Å²) in [5.74, 6) is 1.51. The van der Waals surface area contributed by atoms with Crippen molar-refractivity contribution in [1.82, 2.24) is 10.3 Å². The van der Waals surface area contributed by atoms with Crippen LogP contribution < -0.4 is 14.8 Å². The van der Waals surface area contributed by atoms with Crippen molar-refractivity contribution in [2.75, 3.05) is 13.7 Å². The van der Waals surface area contributed by atoms with Gasteiger partial charge in [-0.05, 0) is 35.4 Å². The topological polar surface area (TPSA) is 43.4 Å². The van der Waals surface area contributed by atoms with Crippen molar-refractivity contribution in [2.24, 2.45) is 0 Å². The Morgan fingerprint density at radius 1 is 0.885 bits per heavy atom. The summed E-state index contributed by atoms with van der Waals surface area (Å²) >= 11 is 0. The fraction of sp³-hybridized carbons (Fsp3) is 0.227. The molecule has 2 aromatic carbocycles. The molecule has 0 amide bonds. The molecule has 0 spiro atoms. The summed E-state index contributed by atoms with van der Waals surface area (Å²) in [5, 5.41) is 3.45. The number of pyridine rings is 1. The van der Waals surface area contributed by atoms with Crippen LogP contribution in [0.15, 0.2) is 72.9 Å². The zero-order chi connectivity index (χ0) is 18.0. The Kier molecular flexibility index (Phi) is 6.62. The summed E-state index contributed by atoms with van der Waals surface area (Å²) in [5.41, 5.74) is 3.39. The molecule has 26 heavy (non-hydrogen) atoms. The molecule has 0 unspecified atom stereocenters. The summed E-state index contributed by atoms with van der Waals surface area (Å²) in [6, 6.07) is 22.2. The Hall–Kier alpha value is -2.85. The van der Waals surface area contributed by atoms with Gasteiger partial charge < -0.3 is 14.8 Å². The van der Waals surface area contributed by atoms with E-state index < -0.39 is 0 Å². The highest BCUT2D eigenvalue weighted by molar-refractivity contribution is 5.43. The van der Waals surface area contributed by atoms with Gasteiger partial charge in [0.2, 0.25) is 0 Å². The van der Waals surface area contributed by atoms with E-state index in [9.17, 15) is 0 Å². The summed E-state index contributed by atoms with van der Waals surface area (Å²) in [6.45, 7) is 2.18. The van der Waals surface area contributed by atoms with Gasteiger partial charge in [0, 0.05) is 31.4 Å². The van der Waals surface area contributed by atoms with Crippen molar-refractivity contribution >= 4 is 0 Å². The second-order valence-corrected chi connectivity index (χ2v) is 6.01. The third-order valence-electron chi connectivity index (χ3n) is 4.08. The molecule has 1 aromatic heterocycles. The molecule has 0 aliphatic carbocycles. The first-order chi connectivity index (χ1) is 12.8. The minimum Gasteiger partial charge on any atom is -0.493 e. The van der Waals surface area contributed by atoms with E-state index >= 15 is 0 Å². The van der Waals surface area contributed by atoms with Crippen LogP contribution in [0.3, 0.4) is 0 Å². The molecule has 0 saturated carbocycles. The largest absolute Gasteiger partial charge is 0.493 e. The molecule has 4 heteroatoms. The van der Waals surface area contributed by atoms with E-state index in [1.807, 2.05) is 54.7 Å². The van der Waals surface area contributed by atoms with Gasteiger partial charge >= 0.3 is 0 Å². The van der Waals surface area contributed by atoms with Gasteiger partial charge in [-0.1, -0.05) is 42.5 Å². The predicted octanol–water partition coefficient (Wildman–Crippen LogP) is 4.00. The van der Waals surface area contributed by atoms with E-state index in [0.29, 0.717) is 6.61 Å². The molecule has 0 bridgehead atoms. The lowest BCUT2D eigenvalue weighted by molar-refractivity contribution is 0.284. The van der Waals surface area contributed by atoms with Crippen LogP contribution in [0.25, 0.3) is 0 Å². The zero-order valence-corrected chi connectivity index (χ0v) is 15.0. The molecule has 134 valence electrons. The summed E-state index contributed by atoms with van der Waals surface area (Å²) in [6.07, 6.45) is 2.74. The molecule has 0 atom stereocenters. The molecule has 4 nitrogen and oxygen atoms in total. The maximum absolute atomic E-state index is 5.97. The van der Waals surface area contributed by atoms with Gasteiger partial charge in [0.05, 0.1) is 7.11 Å². The maximum atomic E-state index is 5.97. The number of aromatic nitrogens is 1. The molecule has 0 aliphatic heterocycles. The van der Waals surface area contributed by atoms with Gasteiger partial charge in [-0.2, -0.15) is 0 Å². The van der Waals surface area contributed by atoms with E-state index in [1.54, 1.807) is 7.11 Å². The molecule has 3 aromatic rings. The van der Waals surface area contributed by atoms with Gasteiger partial charge in [0.1, 0.15) is 6.61 Å². The van der Waals surface area contributed by atoms with Crippen molar-refractivity contribution in [2.45, 2.75) is 19.6 Å². The van der Waals surface area contributed by atoms with Gasteiger partial charge in [-0.25, -0.2) is 0 Å². The lowest BCUT2D eigenvalue weighted by Gasteiger charge is -2.13. The standard InChI is InChI=1S/C22H24N2O2/c1-25-21-11-10-19(16-23-14-12-20-9-5-6-13-24-20)15-22(21)26-17-18-7-3-2-4-8-18/h2-11,13,15,23H,12,14,16-17H2,1H3. The molecule has 0 fully saturated rings. The third kappa shape index (κ3) is 5.33. The Balaban J connectivity index is 1.54. The van der Waals surface area contributed by atoms with Gasteiger partial charge in [-0.15, -0.1) is 0 Å². The number of benzene rings is 2. The van der Waals surface area contributed by atoms with Gasteiger partial charge in [-0.3, -0.25) is 4.98 Å². The van der Waals surface area contributed by atoms with Crippen LogP contribution in [0.1, 0.15) is 16.8 Å². The highest BCUT2D eigenvalue weighted by Crippen LogP contribution is 2.28. The highest BCUT2D eigenvalue weighted by atomic mass is 16.5. The van der Waals surface area contributed by atoms with Gasteiger partial charge in [0.25, 0.3) is 0 Å². The number of nitrogens with zero attached hydrogens (tertiary/aromatic N) is 1. The van der Waals surface area contributed by atoms with Crippen molar-refractivity contribution < 1.29 is 9.47 Å². The molecule has 3 rings (SSSR count). The van der Waals surface area contributed by atoms with E-state index in [4.69, 9.17) is 9.47 Å². The van der Waals surface area contributed by atoms with Crippen molar-refractivity contribution in [3.8, 4) is 11.5 Å². The smallest absolute Gasteiger partial charge is 0.161 e. The van der Waals surface area contributed by atoms with Crippen molar-refractivity contribution in [3.05, 3.63) is 89.7 Å². The summed E-state index contributed by atoms with van der Waals surface area (Å²) in [4.78, 5) is 4.34. The average Bonchev–Trinajstić information content (AvgIpc) is 2.71. The number of ether oxygens (including phenoxy) is 2. The average molecular weight is 348 g/mol. The third-order valence-corrected chi connectivity index (χ3v) is 4.08. The Morgan fingerprint density at radius 2 is 1.73 bits per heavy atom. The molecule has 0 aliphatic rings. The molecule has 0 saturated heterocycles. The predicted molar refractivity (Wildman–Crippen MR) is 103 cm³/mol. The minimum atomic E-state index is 0.522. The van der Waals surface area contributed by atoms with Crippen LogP contribution in [0, 0.1) is 0 Å². The fourth-order valence-electron chi connectivity index (χ4n) is 2.67. The van der Waals surface area contributed by atoms with E-state index in [-0.39, 0.29) is 0 Å². The Bertz CT molecular complexity index is 792. The molecule has 1 N–H and O–H groups in total. The molecule has 1 heterocycles. The van der Waals surface area contributed by atoms with Gasteiger partial charge in [0.15, 0.2) is 11.5 Å². The van der Waals surface area contributed by atoms with Crippen molar-refractivity contribution in [3.63, 3.8) is 0 Å². The van der Waals surface area contributed by atoms with E-state index in [0.717, 1.165) is 47.8 Å². The molecular weight excluding hydrogens is 324 g/mol. The maximum Gasteiger partial charge on any atom is 0.161 e. The quantitative estimate of drug-likeness (QED) is 0.594. The molecular formula is C22H24N2O2. The lowest BCUT2D eigenvalue weighted by Crippen LogP contribution is -2.17. The fourth-order valence-corrected chi connectivity index (χ4v) is 2.67. The number of rotatable bonds is 9. The zero-order valence-electron chi connectivity index (χ0n) is 15.0. The van der Waals surface area contributed by atoms with E-state index in [2.05, 4.69) is 28.5 Å². The Labute approximate surface area is 154 Å². The lowest BCUT2D eigenvalue weighted by atomic mass is 10.2. The number of hydrogen-bond acceptors (Lipinski definition) is 4. The second kappa shape index (κ2) is 9.59. The van der Waals surface area contributed by atoms with Crippen LogP contribution in [0.5, 0.6) is 11.5 Å². The van der Waals surface area contributed by atoms with Crippen LogP contribution in [-0.2, 0) is 19.6 Å². The number of methoxy groups -OCH3 is 1. The number of hydrogen-bond donors (Lipinski definition) is 1. The first-order valence-electron chi connectivity index (χ1n) is 8.79. The SMILES string of the molecule is COc1ccc(CNCCc2ccccn2)cc1OCc1ccccc1. The monoisotopic (exact) mass is 348 g/mol. The second-order valence-electron chi connectivity index (χ2n) is 6.01. The van der Waals surface area contributed by atoms with Crippen LogP contribution in [-0.4, -0.2) is 18.6 Å². The Morgan fingerprint density at radius 3 is 2.50 bits per heavy atom. The molecule has 0 radical (unpaired) electrons. The van der Waals surface area contributed by atoms with Crippen LogP contribution in [0.4, 0.5) is 0 Å². The minimum absolute atomic E-state index is 0.522. The summed E-state index contributed by atoms with van der Waals surface area (Å²) < 4.78 is 11.4. The van der Waals surface area contributed by atoms with Crippen LogP contribution in [0.2, 0.25) is 0 Å². The first kappa shape index (κ1) is 18.0.